The summed E-state index contributed by atoms with van der Waals surface area (Å²) in [4.78, 5) is 26.0. The predicted molar refractivity (Wildman–Crippen MR) is 85.0 cm³/mol. The molecule has 1 aliphatic heterocycles. The number of hydrogen-bond acceptors (Lipinski definition) is 3. The van der Waals surface area contributed by atoms with E-state index in [0.29, 0.717) is 18.1 Å². The van der Waals surface area contributed by atoms with Crippen molar-refractivity contribution < 1.29 is 9.59 Å². The monoisotopic (exact) mass is 316 g/mol. The van der Waals surface area contributed by atoms with Gasteiger partial charge in [0.1, 0.15) is 0 Å². The molecule has 0 N–H and O–H groups in total. The summed E-state index contributed by atoms with van der Waals surface area (Å²) in [6, 6.07) is 8.84. The summed E-state index contributed by atoms with van der Waals surface area (Å²) in [6.45, 7) is 1.25. The zero-order chi connectivity index (χ0) is 15.9. The number of halogens is 1. The maximum atomic E-state index is 12.3. The molecule has 4 nitrogen and oxygen atoms in total. The summed E-state index contributed by atoms with van der Waals surface area (Å²) in [5.74, 6) is -2.13. The highest BCUT2D eigenvalue weighted by molar-refractivity contribution is 6.30. The molecule has 1 fully saturated rings. The Morgan fingerprint density at radius 3 is 2.64 bits per heavy atom. The smallest absolute Gasteiger partial charge is 0.247 e. The Balaban J connectivity index is 2.05. The molecular weight excluding hydrogens is 300 g/mol. The quantitative estimate of drug-likeness (QED) is 0.633. The first-order valence-corrected chi connectivity index (χ1v) is 7.65. The Hall–Kier alpha value is -2.12. The number of benzene rings is 1. The highest BCUT2D eigenvalue weighted by Crippen LogP contribution is 2.15. The van der Waals surface area contributed by atoms with Crippen molar-refractivity contribution in [1.82, 2.24) is 4.90 Å². The van der Waals surface area contributed by atoms with Gasteiger partial charge in [0.25, 0.3) is 0 Å². The third-order valence-corrected chi connectivity index (χ3v) is 3.85. The van der Waals surface area contributed by atoms with Gasteiger partial charge in [0, 0.05) is 18.1 Å². The van der Waals surface area contributed by atoms with E-state index in [2.05, 4.69) is 0 Å². The average molecular weight is 317 g/mol. The van der Waals surface area contributed by atoms with Crippen molar-refractivity contribution in [3.05, 3.63) is 40.9 Å². The van der Waals surface area contributed by atoms with Crippen LogP contribution in [0.1, 0.15) is 24.8 Å². The van der Waals surface area contributed by atoms with Crippen LogP contribution in [0.25, 0.3) is 6.08 Å². The highest BCUT2D eigenvalue weighted by Gasteiger charge is 2.29. The molecule has 0 aliphatic carbocycles. The van der Waals surface area contributed by atoms with Gasteiger partial charge in [0.05, 0.1) is 6.07 Å². The average Bonchev–Trinajstić information content (AvgIpc) is 2.54. The number of carbonyl (C=O) groups excluding carboxylic acids is 2. The van der Waals surface area contributed by atoms with E-state index >= 15 is 0 Å². The fraction of sp³-hybridized carbons (Fsp3) is 0.353. The van der Waals surface area contributed by atoms with E-state index in [1.165, 1.54) is 6.08 Å². The normalized spacial score (nSPS) is 16.3. The third kappa shape index (κ3) is 4.19. The van der Waals surface area contributed by atoms with Crippen molar-refractivity contribution in [3.63, 3.8) is 0 Å². The van der Waals surface area contributed by atoms with Gasteiger partial charge in [-0.25, -0.2) is 0 Å². The van der Waals surface area contributed by atoms with Crippen LogP contribution in [-0.2, 0) is 9.59 Å². The first-order valence-electron chi connectivity index (χ1n) is 7.27. The van der Waals surface area contributed by atoms with E-state index in [0.717, 1.165) is 24.8 Å². The molecule has 0 aromatic heterocycles. The zero-order valence-corrected chi connectivity index (χ0v) is 12.9. The number of hydrogen-bond donors (Lipinski definition) is 0. The Labute approximate surface area is 135 Å². The van der Waals surface area contributed by atoms with Crippen LogP contribution in [0.4, 0.5) is 0 Å². The van der Waals surface area contributed by atoms with Crippen LogP contribution in [0.15, 0.2) is 30.3 Å². The second-order valence-corrected chi connectivity index (χ2v) is 5.68. The van der Waals surface area contributed by atoms with Crippen LogP contribution in [-0.4, -0.2) is 29.7 Å². The Kier molecular flexibility index (Phi) is 5.74. The number of allylic oxidation sites excluding steroid dienone is 1. The third-order valence-electron chi connectivity index (χ3n) is 3.62. The van der Waals surface area contributed by atoms with Crippen LogP contribution >= 0.6 is 11.6 Å². The number of piperidine rings is 1. The molecule has 1 amide bonds. The van der Waals surface area contributed by atoms with E-state index in [1.807, 2.05) is 6.07 Å². The SMILES string of the molecule is N#CC(C(=O)/C=C/c1cccc(Cl)c1)C(=O)N1CCCCC1. The van der Waals surface area contributed by atoms with Crippen molar-refractivity contribution in [1.29, 1.82) is 5.26 Å². The van der Waals surface area contributed by atoms with E-state index in [1.54, 1.807) is 35.2 Å². The van der Waals surface area contributed by atoms with Crippen molar-refractivity contribution in [3.8, 4) is 6.07 Å². The van der Waals surface area contributed by atoms with Gasteiger partial charge in [-0.15, -0.1) is 0 Å². The standard InChI is InChI=1S/C17H17ClN2O2/c18-14-6-4-5-13(11-14)7-8-16(21)15(12-19)17(22)20-9-2-1-3-10-20/h4-8,11,15H,1-3,9-10H2/b8-7+. The fourth-order valence-corrected chi connectivity index (χ4v) is 2.62. The highest BCUT2D eigenvalue weighted by atomic mass is 35.5. The van der Waals surface area contributed by atoms with Crippen LogP contribution in [0.5, 0.6) is 0 Å². The predicted octanol–water partition coefficient (Wildman–Crippen LogP) is 3.07. The van der Waals surface area contributed by atoms with Crippen LogP contribution in [0.2, 0.25) is 5.02 Å². The van der Waals surface area contributed by atoms with Gasteiger partial charge in [0.2, 0.25) is 5.91 Å². The molecule has 1 aliphatic rings. The number of carbonyl (C=O) groups is 2. The zero-order valence-electron chi connectivity index (χ0n) is 12.2. The van der Waals surface area contributed by atoms with E-state index in [4.69, 9.17) is 16.9 Å². The minimum Gasteiger partial charge on any atom is -0.341 e. The number of rotatable bonds is 4. The molecule has 22 heavy (non-hydrogen) atoms. The lowest BCUT2D eigenvalue weighted by atomic mass is 10.0. The molecule has 114 valence electrons. The molecule has 0 spiro atoms. The number of likely N-dealkylation sites (tertiary alicyclic amines) is 1. The topological polar surface area (TPSA) is 61.2 Å². The summed E-state index contributed by atoms with van der Waals surface area (Å²) < 4.78 is 0. The minimum absolute atomic E-state index is 0.386. The summed E-state index contributed by atoms with van der Waals surface area (Å²) >= 11 is 5.87. The minimum atomic E-state index is -1.26. The molecule has 2 rings (SSSR count). The summed E-state index contributed by atoms with van der Waals surface area (Å²) in [5, 5.41) is 9.73. The number of ketones is 1. The Bertz CT molecular complexity index is 628. The maximum Gasteiger partial charge on any atom is 0.247 e. The maximum absolute atomic E-state index is 12.3. The van der Waals surface area contributed by atoms with Gasteiger partial charge in [0.15, 0.2) is 11.7 Å². The van der Waals surface area contributed by atoms with Crippen molar-refractivity contribution >= 4 is 29.4 Å². The van der Waals surface area contributed by atoms with Crippen molar-refractivity contribution in [2.75, 3.05) is 13.1 Å². The van der Waals surface area contributed by atoms with Gasteiger partial charge in [-0.3, -0.25) is 9.59 Å². The molecule has 5 heteroatoms. The molecule has 0 radical (unpaired) electrons. The number of nitrogens with zero attached hydrogens (tertiary/aromatic N) is 2. The van der Waals surface area contributed by atoms with Gasteiger partial charge < -0.3 is 4.90 Å². The lowest BCUT2D eigenvalue weighted by molar-refractivity contribution is -0.138. The van der Waals surface area contributed by atoms with Crippen LogP contribution in [0, 0.1) is 17.2 Å². The molecule has 1 unspecified atom stereocenters. The molecule has 1 saturated heterocycles. The van der Waals surface area contributed by atoms with Gasteiger partial charge in [-0.1, -0.05) is 29.8 Å². The summed E-state index contributed by atoms with van der Waals surface area (Å²) in [6.07, 6.45) is 5.79. The molecule has 0 bridgehead atoms. The van der Waals surface area contributed by atoms with E-state index in [9.17, 15) is 9.59 Å². The molecule has 1 aromatic carbocycles. The molecule has 1 atom stereocenters. The lowest BCUT2D eigenvalue weighted by Gasteiger charge is -2.27. The lowest BCUT2D eigenvalue weighted by Crippen LogP contribution is -2.41. The summed E-state index contributed by atoms with van der Waals surface area (Å²) in [7, 11) is 0. The van der Waals surface area contributed by atoms with Gasteiger partial charge >= 0.3 is 0 Å². The molecule has 1 heterocycles. The molecular formula is C17H17ClN2O2. The fourth-order valence-electron chi connectivity index (χ4n) is 2.42. The second kappa shape index (κ2) is 7.77. The van der Waals surface area contributed by atoms with Crippen molar-refractivity contribution in [2.45, 2.75) is 19.3 Å². The number of amides is 1. The largest absolute Gasteiger partial charge is 0.341 e. The van der Waals surface area contributed by atoms with Crippen molar-refractivity contribution in [2.24, 2.45) is 5.92 Å². The van der Waals surface area contributed by atoms with Gasteiger partial charge in [-0.2, -0.15) is 5.26 Å². The van der Waals surface area contributed by atoms with E-state index < -0.39 is 11.7 Å². The van der Waals surface area contributed by atoms with Crippen LogP contribution in [0.3, 0.4) is 0 Å². The van der Waals surface area contributed by atoms with Gasteiger partial charge in [-0.05, 0) is 43.0 Å². The first kappa shape index (κ1) is 16.3. The molecule has 1 aromatic rings. The second-order valence-electron chi connectivity index (χ2n) is 5.24. The Morgan fingerprint density at radius 2 is 2.00 bits per heavy atom. The molecule has 0 saturated carbocycles. The van der Waals surface area contributed by atoms with Crippen LogP contribution < -0.4 is 0 Å². The Morgan fingerprint density at radius 1 is 1.27 bits per heavy atom. The first-order chi connectivity index (χ1) is 10.6. The number of nitriles is 1. The van der Waals surface area contributed by atoms with E-state index in [-0.39, 0.29) is 5.91 Å². The summed E-state index contributed by atoms with van der Waals surface area (Å²) in [5.41, 5.74) is 0.753.